The molecule has 7 heteroatoms. The summed E-state index contributed by atoms with van der Waals surface area (Å²) in [5.74, 6) is -0.0765. The Kier molecular flexibility index (Phi) is 4.33. The molecule has 3 aromatic rings. The summed E-state index contributed by atoms with van der Waals surface area (Å²) in [4.78, 5) is 22.9. The molecule has 0 fully saturated rings. The Labute approximate surface area is 155 Å². The van der Waals surface area contributed by atoms with Gasteiger partial charge in [0, 0.05) is 17.9 Å². The molecule has 0 aliphatic carbocycles. The van der Waals surface area contributed by atoms with E-state index in [4.69, 9.17) is 9.84 Å². The molecule has 2 aromatic carbocycles. The molecule has 2 heterocycles. The van der Waals surface area contributed by atoms with Crippen LogP contribution >= 0.6 is 0 Å². The van der Waals surface area contributed by atoms with Crippen LogP contribution in [0.2, 0.25) is 0 Å². The van der Waals surface area contributed by atoms with Gasteiger partial charge >= 0.3 is 5.97 Å². The number of nitrogens with zero attached hydrogens (tertiary/aromatic N) is 2. The summed E-state index contributed by atoms with van der Waals surface area (Å²) >= 11 is 0. The third-order valence-electron chi connectivity index (χ3n) is 4.47. The highest BCUT2D eigenvalue weighted by Gasteiger charge is 2.30. The molecule has 136 valence electrons. The fourth-order valence-electron chi connectivity index (χ4n) is 3.22. The van der Waals surface area contributed by atoms with Crippen LogP contribution in [0.4, 0.5) is 5.82 Å². The second kappa shape index (κ2) is 6.95. The first-order valence-electron chi connectivity index (χ1n) is 8.49. The second-order valence-corrected chi connectivity index (χ2v) is 6.25. The smallest absolute Gasteiger partial charge is 0.341 e. The van der Waals surface area contributed by atoms with Crippen LogP contribution in [0.1, 0.15) is 23.5 Å². The number of ether oxygens (including phenoxy) is 1. The minimum absolute atomic E-state index is 0.0728. The minimum Gasteiger partial charge on any atom is -0.482 e. The van der Waals surface area contributed by atoms with Crippen molar-refractivity contribution in [2.24, 2.45) is 0 Å². The number of anilines is 1. The van der Waals surface area contributed by atoms with E-state index >= 15 is 0 Å². The molecule has 1 amide bonds. The molecular formula is C20H17N3O4. The zero-order valence-corrected chi connectivity index (χ0v) is 14.3. The molecule has 0 saturated carbocycles. The summed E-state index contributed by atoms with van der Waals surface area (Å²) < 4.78 is 6.89. The Morgan fingerprint density at radius 3 is 2.63 bits per heavy atom. The van der Waals surface area contributed by atoms with Gasteiger partial charge in [-0.05, 0) is 29.8 Å². The molecule has 0 radical (unpaired) electrons. The lowest BCUT2D eigenvalue weighted by Crippen LogP contribution is -2.24. The molecule has 1 aliphatic heterocycles. The van der Waals surface area contributed by atoms with Gasteiger partial charge in [-0.2, -0.15) is 5.10 Å². The Morgan fingerprint density at radius 1 is 1.19 bits per heavy atom. The number of hydrogen-bond donors (Lipinski definition) is 2. The number of aromatic nitrogens is 2. The number of carbonyl (C=O) groups excluding carboxylic acids is 1. The van der Waals surface area contributed by atoms with Gasteiger partial charge in [-0.3, -0.25) is 4.79 Å². The molecule has 4 rings (SSSR count). The molecule has 0 spiro atoms. The monoisotopic (exact) mass is 363 g/mol. The summed E-state index contributed by atoms with van der Waals surface area (Å²) in [5, 5.41) is 16.1. The number of nitrogens with one attached hydrogen (secondary N) is 1. The van der Waals surface area contributed by atoms with E-state index < -0.39 is 5.97 Å². The first-order chi connectivity index (χ1) is 13.1. The number of carbonyl (C=O) groups is 2. The van der Waals surface area contributed by atoms with E-state index in [1.165, 1.54) is 0 Å². The molecular weight excluding hydrogens is 346 g/mol. The van der Waals surface area contributed by atoms with Crippen molar-refractivity contribution in [1.82, 2.24) is 9.78 Å². The van der Waals surface area contributed by atoms with E-state index in [1.54, 1.807) is 23.0 Å². The van der Waals surface area contributed by atoms with Crippen molar-refractivity contribution in [2.45, 2.75) is 12.3 Å². The Balaban J connectivity index is 1.65. The molecule has 1 unspecified atom stereocenters. The summed E-state index contributed by atoms with van der Waals surface area (Å²) in [6.45, 7) is -0.390. The fourth-order valence-corrected chi connectivity index (χ4v) is 3.22. The first kappa shape index (κ1) is 16.8. The number of rotatable bonds is 5. The Bertz CT molecular complexity index is 980. The second-order valence-electron chi connectivity index (χ2n) is 6.25. The minimum atomic E-state index is -1.03. The van der Waals surface area contributed by atoms with Crippen molar-refractivity contribution in [1.29, 1.82) is 0 Å². The van der Waals surface area contributed by atoms with Gasteiger partial charge < -0.3 is 15.2 Å². The van der Waals surface area contributed by atoms with E-state index in [0.29, 0.717) is 18.0 Å². The van der Waals surface area contributed by atoms with Gasteiger partial charge in [-0.25, -0.2) is 9.48 Å². The summed E-state index contributed by atoms with van der Waals surface area (Å²) in [5.41, 5.74) is 2.76. The van der Waals surface area contributed by atoms with Crippen LogP contribution in [0.15, 0.2) is 60.8 Å². The predicted octanol–water partition coefficient (Wildman–Crippen LogP) is 2.81. The predicted molar refractivity (Wildman–Crippen MR) is 98.2 cm³/mol. The third kappa shape index (κ3) is 3.39. The average molecular weight is 363 g/mol. The number of benzene rings is 2. The van der Waals surface area contributed by atoms with Crippen LogP contribution in [-0.4, -0.2) is 33.4 Å². The van der Waals surface area contributed by atoms with Crippen molar-refractivity contribution in [2.75, 3.05) is 11.9 Å². The zero-order valence-electron chi connectivity index (χ0n) is 14.3. The fraction of sp³-hybridized carbons (Fsp3) is 0.150. The van der Waals surface area contributed by atoms with Crippen molar-refractivity contribution in [3.8, 4) is 11.4 Å². The Morgan fingerprint density at radius 2 is 1.93 bits per heavy atom. The number of carboxylic acids is 1. The quantitative estimate of drug-likeness (QED) is 0.727. The maximum Gasteiger partial charge on any atom is 0.341 e. The average Bonchev–Trinajstić information content (AvgIpc) is 3.10. The van der Waals surface area contributed by atoms with Crippen LogP contribution in [-0.2, 0) is 9.59 Å². The zero-order chi connectivity index (χ0) is 18.8. The topological polar surface area (TPSA) is 93.4 Å². The molecule has 1 aliphatic rings. The number of carboxylic acid groups (broad SMARTS) is 1. The van der Waals surface area contributed by atoms with Gasteiger partial charge in [0.1, 0.15) is 11.6 Å². The number of hydrogen-bond acceptors (Lipinski definition) is 4. The van der Waals surface area contributed by atoms with Crippen LogP contribution in [0.5, 0.6) is 5.75 Å². The maximum atomic E-state index is 12.3. The third-order valence-corrected chi connectivity index (χ3v) is 4.47. The van der Waals surface area contributed by atoms with Crippen LogP contribution in [0.3, 0.4) is 0 Å². The maximum absolute atomic E-state index is 12.3. The highest BCUT2D eigenvalue weighted by atomic mass is 16.5. The van der Waals surface area contributed by atoms with Gasteiger partial charge in [0.25, 0.3) is 0 Å². The molecule has 1 aromatic heterocycles. The molecule has 1 atom stereocenters. The molecule has 7 nitrogen and oxygen atoms in total. The number of fused-ring (bicyclic) bond motifs is 1. The lowest BCUT2D eigenvalue weighted by atomic mass is 9.87. The van der Waals surface area contributed by atoms with Gasteiger partial charge in [0.2, 0.25) is 5.91 Å². The summed E-state index contributed by atoms with van der Waals surface area (Å²) in [7, 11) is 0. The van der Waals surface area contributed by atoms with Gasteiger partial charge in [-0.1, -0.05) is 30.3 Å². The van der Waals surface area contributed by atoms with Crippen LogP contribution < -0.4 is 10.1 Å². The molecule has 0 bridgehead atoms. The molecule has 0 saturated heterocycles. The normalized spacial score (nSPS) is 15.7. The number of amides is 1. The Hall–Kier alpha value is -3.61. The van der Waals surface area contributed by atoms with Gasteiger partial charge in [0.15, 0.2) is 6.61 Å². The SMILES string of the molecule is O=C(O)COc1ccc(C2CC(=O)Nc3c2cnn3-c2ccccc2)cc1. The largest absolute Gasteiger partial charge is 0.482 e. The van der Waals surface area contributed by atoms with Crippen LogP contribution in [0, 0.1) is 0 Å². The van der Waals surface area contributed by atoms with Crippen molar-refractivity contribution >= 4 is 17.7 Å². The van der Waals surface area contributed by atoms with Gasteiger partial charge in [0.05, 0.1) is 11.9 Å². The number of aliphatic carboxylic acids is 1. The van der Waals surface area contributed by atoms with Crippen molar-refractivity contribution in [3.05, 3.63) is 71.9 Å². The highest BCUT2D eigenvalue weighted by molar-refractivity contribution is 5.94. The number of para-hydroxylation sites is 1. The van der Waals surface area contributed by atoms with E-state index in [-0.39, 0.29) is 18.4 Å². The van der Waals surface area contributed by atoms with E-state index in [9.17, 15) is 9.59 Å². The lowest BCUT2D eigenvalue weighted by Gasteiger charge is -2.24. The summed E-state index contributed by atoms with van der Waals surface area (Å²) in [6, 6.07) is 16.7. The van der Waals surface area contributed by atoms with Crippen LogP contribution in [0.25, 0.3) is 5.69 Å². The standard InChI is InChI=1S/C20H17N3O4/c24-18-10-16(13-6-8-15(9-7-13)27-12-19(25)26)17-11-21-23(20(17)22-18)14-4-2-1-3-5-14/h1-9,11,16H,10,12H2,(H,22,24)(H,25,26). The molecule has 27 heavy (non-hydrogen) atoms. The van der Waals surface area contributed by atoms with E-state index in [0.717, 1.165) is 16.8 Å². The summed E-state index contributed by atoms with van der Waals surface area (Å²) in [6.07, 6.45) is 2.10. The highest BCUT2D eigenvalue weighted by Crippen LogP contribution is 2.38. The van der Waals surface area contributed by atoms with E-state index in [1.807, 2.05) is 42.5 Å². The lowest BCUT2D eigenvalue weighted by molar-refractivity contribution is -0.139. The molecule has 2 N–H and O–H groups in total. The first-order valence-corrected chi connectivity index (χ1v) is 8.49. The van der Waals surface area contributed by atoms with Crippen molar-refractivity contribution < 1.29 is 19.4 Å². The van der Waals surface area contributed by atoms with Crippen molar-refractivity contribution in [3.63, 3.8) is 0 Å². The van der Waals surface area contributed by atoms with E-state index in [2.05, 4.69) is 10.4 Å². The van der Waals surface area contributed by atoms with Gasteiger partial charge in [-0.15, -0.1) is 0 Å².